The zero-order valence-electron chi connectivity index (χ0n) is 7.51. The third-order valence-electron chi connectivity index (χ3n) is 1.61. The van der Waals surface area contributed by atoms with Crippen molar-refractivity contribution in [3.05, 3.63) is 12.2 Å². The Bertz CT molecular complexity index is 102. The molecular weight excluding hydrogens is 138 g/mol. The molecule has 0 radical (unpaired) electrons. The van der Waals surface area contributed by atoms with E-state index in [4.69, 9.17) is 5.11 Å². The van der Waals surface area contributed by atoms with Crippen LogP contribution in [0.15, 0.2) is 12.2 Å². The van der Waals surface area contributed by atoms with Crippen molar-refractivity contribution in [1.29, 1.82) is 0 Å². The Kier molecular flexibility index (Phi) is 7.52. The second-order valence-corrected chi connectivity index (χ2v) is 2.84. The molecule has 1 atom stereocenters. The highest BCUT2D eigenvalue weighted by molar-refractivity contribution is 4.79. The first-order chi connectivity index (χ1) is 5.31. The molecule has 1 unspecified atom stereocenters. The molecule has 11 heavy (non-hydrogen) atoms. The molecule has 0 bridgehead atoms. The van der Waals surface area contributed by atoms with E-state index in [1.807, 2.05) is 13.0 Å². The smallest absolute Gasteiger partial charge is 0.0434 e. The number of aliphatic hydroxyl groups is 1. The van der Waals surface area contributed by atoms with E-state index in [9.17, 15) is 0 Å². The van der Waals surface area contributed by atoms with Crippen molar-refractivity contribution in [2.75, 3.05) is 19.7 Å². The van der Waals surface area contributed by atoms with E-state index in [-0.39, 0.29) is 0 Å². The summed E-state index contributed by atoms with van der Waals surface area (Å²) >= 11 is 0. The lowest BCUT2D eigenvalue weighted by Crippen LogP contribution is -2.21. The average Bonchev–Trinajstić information content (AvgIpc) is 1.99. The maximum absolute atomic E-state index is 8.60. The van der Waals surface area contributed by atoms with Gasteiger partial charge in [0.05, 0.1) is 0 Å². The van der Waals surface area contributed by atoms with Crippen LogP contribution in [0.3, 0.4) is 0 Å². The number of nitrogens with one attached hydrogen (secondary N) is 1. The van der Waals surface area contributed by atoms with Crippen LogP contribution in [0.5, 0.6) is 0 Å². The third-order valence-corrected chi connectivity index (χ3v) is 1.61. The van der Waals surface area contributed by atoms with Crippen molar-refractivity contribution in [3.63, 3.8) is 0 Å². The summed E-state index contributed by atoms with van der Waals surface area (Å²) in [7, 11) is 0. The van der Waals surface area contributed by atoms with Gasteiger partial charge in [-0.05, 0) is 25.8 Å². The summed E-state index contributed by atoms with van der Waals surface area (Å²) in [6.45, 7) is 6.38. The summed E-state index contributed by atoms with van der Waals surface area (Å²) in [6, 6.07) is 0. The van der Waals surface area contributed by atoms with Crippen molar-refractivity contribution in [3.8, 4) is 0 Å². The van der Waals surface area contributed by atoms with Gasteiger partial charge < -0.3 is 10.4 Å². The van der Waals surface area contributed by atoms with Crippen molar-refractivity contribution >= 4 is 0 Å². The molecule has 0 amide bonds. The summed E-state index contributed by atoms with van der Waals surface area (Å²) in [5.74, 6) is 0.574. The average molecular weight is 157 g/mol. The molecule has 0 heterocycles. The molecule has 0 aliphatic rings. The predicted molar refractivity (Wildman–Crippen MR) is 48.6 cm³/mol. The third kappa shape index (κ3) is 7.56. The molecule has 0 aromatic rings. The minimum atomic E-state index is 0.298. The van der Waals surface area contributed by atoms with Crippen LogP contribution in [0, 0.1) is 5.92 Å². The Hall–Kier alpha value is -0.340. The summed E-state index contributed by atoms with van der Waals surface area (Å²) in [5, 5.41) is 11.9. The molecule has 0 saturated heterocycles. The summed E-state index contributed by atoms with van der Waals surface area (Å²) in [5.41, 5.74) is 0. The lowest BCUT2D eigenvalue weighted by molar-refractivity contribution is 0.261. The largest absolute Gasteiger partial charge is 0.396 e. The Morgan fingerprint density at radius 2 is 2.27 bits per heavy atom. The molecule has 0 saturated carbocycles. The van der Waals surface area contributed by atoms with E-state index in [1.165, 1.54) is 0 Å². The van der Waals surface area contributed by atoms with Gasteiger partial charge in [0.1, 0.15) is 0 Å². The minimum Gasteiger partial charge on any atom is -0.396 e. The van der Waals surface area contributed by atoms with Gasteiger partial charge in [-0.1, -0.05) is 19.1 Å². The van der Waals surface area contributed by atoms with Crippen LogP contribution in [-0.4, -0.2) is 24.8 Å². The first-order valence-electron chi connectivity index (χ1n) is 4.24. The normalized spacial score (nSPS) is 14.1. The quantitative estimate of drug-likeness (QED) is 0.448. The maximum Gasteiger partial charge on any atom is 0.0434 e. The van der Waals surface area contributed by atoms with Crippen molar-refractivity contribution < 1.29 is 5.11 Å². The van der Waals surface area contributed by atoms with Gasteiger partial charge in [-0.2, -0.15) is 0 Å². The molecule has 66 valence electrons. The molecular formula is C9H19NO. The lowest BCUT2D eigenvalue weighted by Gasteiger charge is -2.08. The SMILES string of the molecule is C/C=C/CNCC(C)CCO. The highest BCUT2D eigenvalue weighted by Gasteiger charge is 1.97. The van der Waals surface area contributed by atoms with Crippen molar-refractivity contribution in [2.24, 2.45) is 5.92 Å². The second-order valence-electron chi connectivity index (χ2n) is 2.84. The summed E-state index contributed by atoms with van der Waals surface area (Å²) in [6.07, 6.45) is 5.01. The van der Waals surface area contributed by atoms with Crippen LogP contribution in [0.25, 0.3) is 0 Å². The fourth-order valence-corrected chi connectivity index (χ4v) is 0.853. The first-order valence-corrected chi connectivity index (χ1v) is 4.24. The highest BCUT2D eigenvalue weighted by atomic mass is 16.3. The van der Waals surface area contributed by atoms with Crippen molar-refractivity contribution in [2.45, 2.75) is 20.3 Å². The molecule has 0 aromatic heterocycles. The fourth-order valence-electron chi connectivity index (χ4n) is 0.853. The minimum absolute atomic E-state index is 0.298. The molecule has 0 fully saturated rings. The van der Waals surface area contributed by atoms with E-state index in [2.05, 4.69) is 18.3 Å². The van der Waals surface area contributed by atoms with Gasteiger partial charge in [-0.3, -0.25) is 0 Å². The second kappa shape index (κ2) is 7.76. The number of hydrogen-bond acceptors (Lipinski definition) is 2. The Labute approximate surface area is 69.3 Å². The fraction of sp³-hybridized carbons (Fsp3) is 0.778. The predicted octanol–water partition coefficient (Wildman–Crippen LogP) is 1.17. The zero-order chi connectivity index (χ0) is 8.53. The van der Waals surface area contributed by atoms with E-state index >= 15 is 0 Å². The van der Waals surface area contributed by atoms with Crippen LogP contribution < -0.4 is 5.32 Å². The van der Waals surface area contributed by atoms with Gasteiger partial charge in [-0.25, -0.2) is 0 Å². The number of hydrogen-bond donors (Lipinski definition) is 2. The molecule has 2 N–H and O–H groups in total. The molecule has 2 nitrogen and oxygen atoms in total. The topological polar surface area (TPSA) is 32.3 Å². The summed E-state index contributed by atoms with van der Waals surface area (Å²) < 4.78 is 0. The summed E-state index contributed by atoms with van der Waals surface area (Å²) in [4.78, 5) is 0. The Balaban J connectivity index is 3.10. The Morgan fingerprint density at radius 1 is 1.55 bits per heavy atom. The van der Waals surface area contributed by atoms with Crippen molar-refractivity contribution in [1.82, 2.24) is 5.32 Å². The van der Waals surface area contributed by atoms with Gasteiger partial charge in [0.25, 0.3) is 0 Å². The molecule has 0 aliphatic carbocycles. The number of aliphatic hydroxyl groups excluding tert-OH is 1. The monoisotopic (exact) mass is 157 g/mol. The van der Waals surface area contributed by atoms with Gasteiger partial charge in [0.15, 0.2) is 0 Å². The zero-order valence-corrected chi connectivity index (χ0v) is 7.51. The van der Waals surface area contributed by atoms with Gasteiger partial charge in [0.2, 0.25) is 0 Å². The first kappa shape index (κ1) is 10.7. The maximum atomic E-state index is 8.60. The van der Waals surface area contributed by atoms with E-state index in [1.54, 1.807) is 0 Å². The van der Waals surface area contributed by atoms with E-state index < -0.39 is 0 Å². The van der Waals surface area contributed by atoms with Crippen LogP contribution in [0.4, 0.5) is 0 Å². The number of rotatable bonds is 6. The molecule has 0 spiro atoms. The number of allylic oxidation sites excluding steroid dienone is 1. The molecule has 0 aromatic carbocycles. The van der Waals surface area contributed by atoms with Gasteiger partial charge >= 0.3 is 0 Å². The highest BCUT2D eigenvalue weighted by Crippen LogP contribution is 1.97. The molecule has 2 heteroatoms. The van der Waals surface area contributed by atoms with Crippen LogP contribution in [-0.2, 0) is 0 Å². The standard InChI is InChI=1S/C9H19NO/c1-3-4-6-10-8-9(2)5-7-11/h3-4,9-11H,5-8H2,1-2H3/b4-3+. The van der Waals surface area contributed by atoms with Crippen LogP contribution >= 0.6 is 0 Å². The molecule has 0 aliphatic heterocycles. The lowest BCUT2D eigenvalue weighted by atomic mass is 10.1. The Morgan fingerprint density at radius 3 is 2.82 bits per heavy atom. The van der Waals surface area contributed by atoms with Crippen LogP contribution in [0.2, 0.25) is 0 Å². The van der Waals surface area contributed by atoms with Crippen LogP contribution in [0.1, 0.15) is 20.3 Å². The van der Waals surface area contributed by atoms with E-state index in [0.717, 1.165) is 19.5 Å². The van der Waals surface area contributed by atoms with E-state index in [0.29, 0.717) is 12.5 Å². The van der Waals surface area contributed by atoms with Gasteiger partial charge in [0, 0.05) is 13.2 Å². The van der Waals surface area contributed by atoms with Gasteiger partial charge in [-0.15, -0.1) is 0 Å². The molecule has 0 rings (SSSR count).